The van der Waals surface area contributed by atoms with Crippen molar-refractivity contribution in [3.8, 4) is 17.2 Å². The van der Waals surface area contributed by atoms with Gasteiger partial charge in [0.15, 0.2) is 0 Å². The Balaban J connectivity index is 2.07. The molecule has 0 saturated heterocycles. The molecule has 1 aromatic carbocycles. The molecule has 1 aliphatic heterocycles. The van der Waals surface area contributed by atoms with E-state index in [0.717, 1.165) is 11.3 Å². The van der Waals surface area contributed by atoms with Gasteiger partial charge in [-0.3, -0.25) is 19.1 Å². The third kappa shape index (κ3) is 2.56. The average molecular weight is 416 g/mol. The second kappa shape index (κ2) is 6.98. The molecule has 156 valence electrons. The monoisotopic (exact) mass is 416 g/mol. The SMILES string of the molecule is CN/C=C(\C=N)c1c(OC)cc2ncc3c4c2c1OCc1cnccc1-n4c(=O)n3C. The van der Waals surface area contributed by atoms with Gasteiger partial charge in [-0.05, 0) is 6.07 Å². The molecule has 0 aliphatic carbocycles. The van der Waals surface area contributed by atoms with Gasteiger partial charge in [-0.2, -0.15) is 0 Å². The summed E-state index contributed by atoms with van der Waals surface area (Å²) >= 11 is 0. The molecule has 3 aromatic heterocycles. The van der Waals surface area contributed by atoms with Crippen LogP contribution in [0, 0.1) is 5.41 Å². The maximum absolute atomic E-state index is 13.3. The van der Waals surface area contributed by atoms with Gasteiger partial charge < -0.3 is 20.2 Å². The zero-order valence-electron chi connectivity index (χ0n) is 17.3. The van der Waals surface area contributed by atoms with E-state index in [2.05, 4.69) is 15.3 Å². The molecule has 4 aromatic rings. The van der Waals surface area contributed by atoms with Crippen LogP contribution in [0.4, 0.5) is 0 Å². The number of ether oxygens (including phenoxy) is 2. The first-order chi connectivity index (χ1) is 15.1. The molecule has 0 spiro atoms. The number of fused-ring (bicyclic) bond motifs is 2. The minimum atomic E-state index is -0.181. The van der Waals surface area contributed by atoms with E-state index < -0.39 is 0 Å². The number of hydrogen-bond donors (Lipinski definition) is 2. The normalized spacial score (nSPS) is 12.9. The average Bonchev–Trinajstić information content (AvgIpc) is 3.04. The van der Waals surface area contributed by atoms with Gasteiger partial charge in [0, 0.05) is 56.1 Å². The summed E-state index contributed by atoms with van der Waals surface area (Å²) in [4.78, 5) is 22.1. The lowest BCUT2D eigenvalue weighted by molar-refractivity contribution is 0.305. The Morgan fingerprint density at radius 3 is 2.97 bits per heavy atom. The second-order valence-corrected chi connectivity index (χ2v) is 7.17. The van der Waals surface area contributed by atoms with Crippen LogP contribution in [-0.4, -0.2) is 39.5 Å². The summed E-state index contributed by atoms with van der Waals surface area (Å²) in [6.45, 7) is 0.195. The van der Waals surface area contributed by atoms with Crippen LogP contribution in [0.15, 0.2) is 41.7 Å². The first kappa shape index (κ1) is 18.9. The van der Waals surface area contributed by atoms with Gasteiger partial charge in [0.1, 0.15) is 18.1 Å². The Bertz CT molecular complexity index is 1460. The number of rotatable bonds is 4. The third-order valence-electron chi connectivity index (χ3n) is 5.55. The number of aromatic nitrogens is 4. The Labute approximate surface area is 177 Å². The Hall–Kier alpha value is -4.14. The fourth-order valence-electron chi connectivity index (χ4n) is 4.14. The first-order valence-corrected chi connectivity index (χ1v) is 9.66. The molecule has 0 bridgehead atoms. The summed E-state index contributed by atoms with van der Waals surface area (Å²) in [5.74, 6) is 1.03. The van der Waals surface area contributed by atoms with Crippen molar-refractivity contribution in [1.82, 2.24) is 24.4 Å². The molecule has 4 heterocycles. The van der Waals surface area contributed by atoms with E-state index in [9.17, 15) is 4.79 Å². The van der Waals surface area contributed by atoms with Gasteiger partial charge in [0.05, 0.1) is 46.5 Å². The molecule has 9 heteroatoms. The summed E-state index contributed by atoms with van der Waals surface area (Å²) in [5, 5.41) is 11.6. The molecule has 0 fully saturated rings. The Kier molecular flexibility index (Phi) is 4.25. The Morgan fingerprint density at radius 2 is 2.23 bits per heavy atom. The number of nitrogens with one attached hydrogen (secondary N) is 2. The predicted molar refractivity (Wildman–Crippen MR) is 118 cm³/mol. The van der Waals surface area contributed by atoms with E-state index in [4.69, 9.17) is 14.9 Å². The van der Waals surface area contributed by atoms with E-state index in [0.29, 0.717) is 44.6 Å². The maximum atomic E-state index is 13.3. The van der Waals surface area contributed by atoms with Crippen molar-refractivity contribution in [2.75, 3.05) is 14.2 Å². The van der Waals surface area contributed by atoms with Crippen molar-refractivity contribution < 1.29 is 9.47 Å². The number of allylic oxidation sites excluding steroid dienone is 1. The first-order valence-electron chi connectivity index (χ1n) is 9.66. The minimum Gasteiger partial charge on any atom is -0.496 e. The number of imidazole rings is 1. The highest BCUT2D eigenvalue weighted by Gasteiger charge is 2.27. The molecule has 5 rings (SSSR count). The summed E-state index contributed by atoms with van der Waals surface area (Å²) in [5.41, 5.74) is 4.51. The van der Waals surface area contributed by atoms with E-state index in [-0.39, 0.29) is 12.3 Å². The molecule has 9 nitrogen and oxygen atoms in total. The van der Waals surface area contributed by atoms with Crippen LogP contribution in [0.1, 0.15) is 11.1 Å². The lowest BCUT2D eigenvalue weighted by Gasteiger charge is -2.22. The quantitative estimate of drug-likeness (QED) is 0.495. The molecule has 31 heavy (non-hydrogen) atoms. The molecule has 0 unspecified atom stereocenters. The van der Waals surface area contributed by atoms with Crippen LogP contribution in [0.5, 0.6) is 11.5 Å². The zero-order chi connectivity index (χ0) is 21.7. The van der Waals surface area contributed by atoms with Crippen molar-refractivity contribution in [3.05, 3.63) is 58.5 Å². The topological polar surface area (TPSA) is 107 Å². The van der Waals surface area contributed by atoms with Crippen LogP contribution >= 0.6 is 0 Å². The van der Waals surface area contributed by atoms with Crippen LogP contribution in [0.3, 0.4) is 0 Å². The molecule has 1 aliphatic rings. The molecular formula is C22H20N6O3. The number of benzene rings is 1. The van der Waals surface area contributed by atoms with Crippen LogP contribution in [-0.2, 0) is 13.7 Å². The highest BCUT2D eigenvalue weighted by molar-refractivity contribution is 6.16. The molecule has 0 atom stereocenters. The number of aryl methyl sites for hydroxylation is 1. The standard InChI is InChI=1S/C22H20N6O3/c1-24-8-12(7-23)18-17(30-3)6-14-19-20-16(10-26-14)27(2)22(29)28(20)15-4-5-25-9-13(15)11-31-21(18)19/h4-10,23-24H,11H2,1-3H3/b12-8+,23-7?. The van der Waals surface area contributed by atoms with Gasteiger partial charge in [-0.15, -0.1) is 0 Å². The molecule has 0 saturated carbocycles. The number of methoxy groups -OCH3 is 1. The van der Waals surface area contributed by atoms with Crippen molar-refractivity contribution >= 4 is 33.7 Å². The lowest BCUT2D eigenvalue weighted by Crippen LogP contribution is -2.22. The van der Waals surface area contributed by atoms with Crippen LogP contribution in [0.25, 0.3) is 33.2 Å². The summed E-state index contributed by atoms with van der Waals surface area (Å²) < 4.78 is 15.3. The van der Waals surface area contributed by atoms with E-state index in [1.54, 1.807) is 61.2 Å². The maximum Gasteiger partial charge on any atom is 0.333 e. The predicted octanol–water partition coefficient (Wildman–Crippen LogP) is 2.38. The highest BCUT2D eigenvalue weighted by Crippen LogP contribution is 2.44. The zero-order valence-corrected chi connectivity index (χ0v) is 17.3. The van der Waals surface area contributed by atoms with Crippen molar-refractivity contribution in [2.24, 2.45) is 7.05 Å². The smallest absolute Gasteiger partial charge is 0.333 e. The van der Waals surface area contributed by atoms with Gasteiger partial charge in [0.25, 0.3) is 0 Å². The Morgan fingerprint density at radius 1 is 1.39 bits per heavy atom. The fraction of sp³-hybridized carbons (Fsp3) is 0.182. The van der Waals surface area contributed by atoms with E-state index in [1.807, 2.05) is 6.07 Å². The van der Waals surface area contributed by atoms with Gasteiger partial charge in [-0.25, -0.2) is 4.79 Å². The fourth-order valence-corrected chi connectivity index (χ4v) is 4.14. The summed E-state index contributed by atoms with van der Waals surface area (Å²) in [6.07, 6.45) is 7.98. The van der Waals surface area contributed by atoms with Crippen molar-refractivity contribution in [3.63, 3.8) is 0 Å². The van der Waals surface area contributed by atoms with Gasteiger partial charge in [-0.1, -0.05) is 0 Å². The van der Waals surface area contributed by atoms with E-state index >= 15 is 0 Å². The molecule has 0 amide bonds. The summed E-state index contributed by atoms with van der Waals surface area (Å²) in [7, 11) is 5.05. The molecule has 2 N–H and O–H groups in total. The lowest BCUT2D eigenvalue weighted by atomic mass is 10.00. The highest BCUT2D eigenvalue weighted by atomic mass is 16.5. The van der Waals surface area contributed by atoms with Crippen LogP contribution < -0.4 is 20.5 Å². The minimum absolute atomic E-state index is 0.181. The van der Waals surface area contributed by atoms with Crippen LogP contribution in [0.2, 0.25) is 0 Å². The van der Waals surface area contributed by atoms with Crippen molar-refractivity contribution in [1.29, 1.82) is 5.41 Å². The molecular weight excluding hydrogens is 396 g/mol. The summed E-state index contributed by atoms with van der Waals surface area (Å²) in [6, 6.07) is 3.62. The number of hydrogen-bond acceptors (Lipinski definition) is 7. The third-order valence-corrected chi connectivity index (χ3v) is 5.55. The van der Waals surface area contributed by atoms with E-state index in [1.165, 1.54) is 6.21 Å². The largest absolute Gasteiger partial charge is 0.496 e. The second-order valence-electron chi connectivity index (χ2n) is 7.17. The molecule has 0 radical (unpaired) electrons. The van der Waals surface area contributed by atoms with Crippen molar-refractivity contribution in [2.45, 2.75) is 6.61 Å². The number of nitrogens with zero attached hydrogens (tertiary/aromatic N) is 4. The van der Waals surface area contributed by atoms with Gasteiger partial charge in [0.2, 0.25) is 0 Å². The van der Waals surface area contributed by atoms with Gasteiger partial charge >= 0.3 is 5.69 Å². The number of pyridine rings is 2.